The first kappa shape index (κ1) is 18.0. The summed E-state index contributed by atoms with van der Waals surface area (Å²) in [5.41, 5.74) is 2.19. The van der Waals surface area contributed by atoms with Crippen LogP contribution in [0.1, 0.15) is 12.0 Å². The third-order valence-electron chi connectivity index (χ3n) is 4.93. The van der Waals surface area contributed by atoms with E-state index >= 15 is 0 Å². The monoisotopic (exact) mass is 376 g/mol. The molecular weight excluding hydrogens is 352 g/mol. The van der Waals surface area contributed by atoms with Crippen LogP contribution < -0.4 is 10.2 Å². The molecule has 7 nitrogen and oxygen atoms in total. The molecule has 2 amide bonds. The molecule has 2 aromatic heterocycles. The summed E-state index contributed by atoms with van der Waals surface area (Å²) in [4.78, 5) is 25.3. The van der Waals surface area contributed by atoms with E-state index < -0.39 is 0 Å². The van der Waals surface area contributed by atoms with E-state index in [-0.39, 0.29) is 6.03 Å². The fraction of sp³-hybridized carbons (Fsp3) is 0.286. The Bertz CT molecular complexity index is 879. The Hall–Kier alpha value is -3.35. The molecule has 144 valence electrons. The minimum absolute atomic E-state index is 0.0198. The molecule has 28 heavy (non-hydrogen) atoms. The summed E-state index contributed by atoms with van der Waals surface area (Å²) in [6, 6.07) is 14.3. The molecule has 0 aliphatic carbocycles. The molecule has 1 aliphatic rings. The summed E-state index contributed by atoms with van der Waals surface area (Å²) in [5.74, 6) is 0.807. The lowest BCUT2D eigenvalue weighted by molar-refractivity contribution is 0.201. The molecule has 3 aromatic rings. The van der Waals surface area contributed by atoms with E-state index in [0.29, 0.717) is 6.54 Å². The summed E-state index contributed by atoms with van der Waals surface area (Å²) in [6.07, 6.45) is 8.03. The number of urea groups is 1. The highest BCUT2D eigenvalue weighted by Crippen LogP contribution is 2.15. The number of hydrogen-bond acceptors (Lipinski definition) is 4. The second kappa shape index (κ2) is 8.56. The Balaban J connectivity index is 1.29. The van der Waals surface area contributed by atoms with Gasteiger partial charge in [0, 0.05) is 57.0 Å². The summed E-state index contributed by atoms with van der Waals surface area (Å²) in [7, 11) is 0. The number of aromatic nitrogens is 3. The molecule has 7 heteroatoms. The molecule has 0 bridgehead atoms. The van der Waals surface area contributed by atoms with Gasteiger partial charge in [0.1, 0.15) is 12.1 Å². The molecular formula is C21H24N6O. The summed E-state index contributed by atoms with van der Waals surface area (Å²) in [5, 5.41) is 3.01. The number of rotatable bonds is 4. The Labute approximate surface area is 164 Å². The molecule has 1 N–H and O–H groups in total. The zero-order valence-corrected chi connectivity index (χ0v) is 15.7. The van der Waals surface area contributed by atoms with E-state index in [0.717, 1.165) is 44.0 Å². The van der Waals surface area contributed by atoms with E-state index in [4.69, 9.17) is 0 Å². The molecule has 1 aromatic carbocycles. The minimum Gasteiger partial charge on any atom is -0.370 e. The lowest BCUT2D eigenvalue weighted by atomic mass is 10.3. The van der Waals surface area contributed by atoms with Crippen LogP contribution in [0.5, 0.6) is 0 Å². The van der Waals surface area contributed by atoms with Crippen LogP contribution in [0.25, 0.3) is 5.82 Å². The minimum atomic E-state index is -0.0198. The smallest absolute Gasteiger partial charge is 0.317 e. The van der Waals surface area contributed by atoms with Crippen molar-refractivity contribution in [2.45, 2.75) is 13.0 Å². The van der Waals surface area contributed by atoms with Crippen molar-refractivity contribution >= 4 is 11.7 Å². The van der Waals surface area contributed by atoms with Gasteiger partial charge in [0.25, 0.3) is 0 Å². The average Bonchev–Trinajstić information content (AvgIpc) is 3.17. The van der Waals surface area contributed by atoms with Gasteiger partial charge in [0.2, 0.25) is 0 Å². The van der Waals surface area contributed by atoms with Crippen LogP contribution in [0.15, 0.2) is 67.4 Å². The van der Waals surface area contributed by atoms with Gasteiger partial charge in [-0.15, -0.1) is 0 Å². The fourth-order valence-corrected chi connectivity index (χ4v) is 3.38. The first-order valence-corrected chi connectivity index (χ1v) is 9.55. The van der Waals surface area contributed by atoms with E-state index in [1.165, 1.54) is 5.69 Å². The topological polar surface area (TPSA) is 66.3 Å². The van der Waals surface area contributed by atoms with Crippen LogP contribution in [0, 0.1) is 0 Å². The number of imidazole rings is 1. The Kier molecular flexibility index (Phi) is 5.51. The van der Waals surface area contributed by atoms with Crippen LogP contribution in [0.2, 0.25) is 0 Å². The number of anilines is 1. The number of benzene rings is 1. The van der Waals surface area contributed by atoms with Gasteiger partial charge >= 0.3 is 6.03 Å². The van der Waals surface area contributed by atoms with Gasteiger partial charge in [-0.2, -0.15) is 0 Å². The number of hydrogen-bond donors (Lipinski definition) is 1. The van der Waals surface area contributed by atoms with Crippen LogP contribution in [-0.2, 0) is 6.54 Å². The third-order valence-corrected chi connectivity index (χ3v) is 4.93. The zero-order valence-electron chi connectivity index (χ0n) is 15.7. The van der Waals surface area contributed by atoms with Crippen molar-refractivity contribution in [2.75, 3.05) is 31.1 Å². The van der Waals surface area contributed by atoms with Crippen molar-refractivity contribution in [1.82, 2.24) is 24.8 Å². The summed E-state index contributed by atoms with van der Waals surface area (Å²) >= 11 is 0. The molecule has 1 fully saturated rings. The Morgan fingerprint density at radius 1 is 1.04 bits per heavy atom. The number of pyridine rings is 1. The average molecular weight is 376 g/mol. The highest BCUT2D eigenvalue weighted by atomic mass is 16.2. The molecule has 0 atom stereocenters. The molecule has 3 heterocycles. The number of amides is 2. The highest BCUT2D eigenvalue weighted by Gasteiger charge is 2.19. The molecule has 4 rings (SSSR count). The van der Waals surface area contributed by atoms with Crippen molar-refractivity contribution in [3.63, 3.8) is 0 Å². The van der Waals surface area contributed by atoms with E-state index in [2.05, 4.69) is 44.5 Å². The maximum Gasteiger partial charge on any atom is 0.317 e. The highest BCUT2D eigenvalue weighted by molar-refractivity contribution is 5.74. The fourth-order valence-electron chi connectivity index (χ4n) is 3.38. The number of carbonyl (C=O) groups excluding carboxylic acids is 1. The SMILES string of the molecule is O=C(NCc1ccc(-n2ccnc2)nc1)N1CCCN(c2ccccc2)CC1. The van der Waals surface area contributed by atoms with Gasteiger partial charge in [0.15, 0.2) is 0 Å². The van der Waals surface area contributed by atoms with Crippen LogP contribution in [0.4, 0.5) is 10.5 Å². The van der Waals surface area contributed by atoms with Gasteiger partial charge in [-0.1, -0.05) is 24.3 Å². The van der Waals surface area contributed by atoms with Crippen molar-refractivity contribution < 1.29 is 4.79 Å². The van der Waals surface area contributed by atoms with Gasteiger partial charge < -0.3 is 15.1 Å². The second-order valence-electron chi connectivity index (χ2n) is 6.82. The zero-order chi connectivity index (χ0) is 19.2. The largest absolute Gasteiger partial charge is 0.370 e. The van der Waals surface area contributed by atoms with Crippen molar-refractivity contribution in [2.24, 2.45) is 0 Å². The third kappa shape index (κ3) is 4.31. The van der Waals surface area contributed by atoms with Gasteiger partial charge in [-0.3, -0.25) is 4.57 Å². The van der Waals surface area contributed by atoms with Crippen molar-refractivity contribution in [3.05, 3.63) is 72.9 Å². The molecule has 1 saturated heterocycles. The van der Waals surface area contributed by atoms with E-state index in [9.17, 15) is 4.79 Å². The summed E-state index contributed by atoms with van der Waals surface area (Å²) < 4.78 is 1.85. The van der Waals surface area contributed by atoms with Crippen LogP contribution in [-0.4, -0.2) is 51.6 Å². The molecule has 0 unspecified atom stereocenters. The standard InChI is InChI=1S/C21H24N6O/c28-21(24-16-18-7-8-20(23-15-18)27-12-9-22-17-27)26-11-4-10-25(13-14-26)19-5-2-1-3-6-19/h1-3,5-9,12,15,17H,4,10-11,13-14,16H2,(H,24,28). The number of nitrogens with zero attached hydrogens (tertiary/aromatic N) is 5. The molecule has 1 aliphatic heterocycles. The maximum atomic E-state index is 12.6. The lowest BCUT2D eigenvalue weighted by Gasteiger charge is -2.23. The quantitative estimate of drug-likeness (QED) is 0.760. The van der Waals surface area contributed by atoms with Gasteiger partial charge in [0.05, 0.1) is 0 Å². The summed E-state index contributed by atoms with van der Waals surface area (Å²) in [6.45, 7) is 3.77. The molecule has 0 radical (unpaired) electrons. The Morgan fingerprint density at radius 3 is 2.68 bits per heavy atom. The lowest BCUT2D eigenvalue weighted by Crippen LogP contribution is -2.41. The molecule has 0 spiro atoms. The van der Waals surface area contributed by atoms with Crippen LogP contribution >= 0.6 is 0 Å². The second-order valence-corrected chi connectivity index (χ2v) is 6.82. The molecule has 0 saturated carbocycles. The normalized spacial score (nSPS) is 14.6. The van der Waals surface area contributed by atoms with E-state index in [1.54, 1.807) is 18.7 Å². The first-order chi connectivity index (χ1) is 13.8. The number of carbonyl (C=O) groups is 1. The van der Waals surface area contributed by atoms with Crippen molar-refractivity contribution in [1.29, 1.82) is 0 Å². The van der Waals surface area contributed by atoms with Gasteiger partial charge in [-0.05, 0) is 30.2 Å². The predicted octanol–water partition coefficient (Wildman–Crippen LogP) is 2.69. The van der Waals surface area contributed by atoms with Crippen molar-refractivity contribution in [3.8, 4) is 5.82 Å². The predicted molar refractivity (Wildman–Crippen MR) is 108 cm³/mol. The maximum absolute atomic E-state index is 12.6. The first-order valence-electron chi connectivity index (χ1n) is 9.55. The van der Waals surface area contributed by atoms with Gasteiger partial charge in [-0.25, -0.2) is 14.8 Å². The number of nitrogens with one attached hydrogen (secondary N) is 1. The Morgan fingerprint density at radius 2 is 1.93 bits per heavy atom. The number of para-hydroxylation sites is 1. The van der Waals surface area contributed by atoms with Crippen LogP contribution in [0.3, 0.4) is 0 Å². The van der Waals surface area contributed by atoms with E-state index in [1.807, 2.05) is 33.9 Å².